The molecule has 1 amide bonds. The Hall–Kier alpha value is -1.35. The van der Waals surface area contributed by atoms with Gasteiger partial charge in [-0.2, -0.15) is 0 Å². The maximum absolute atomic E-state index is 12.3. The first-order valence-corrected chi connectivity index (χ1v) is 7.94. The number of nitrogens with one attached hydrogen (secondary N) is 1. The highest BCUT2D eigenvalue weighted by Crippen LogP contribution is 2.39. The number of aliphatic hydroxyl groups is 1. The predicted octanol–water partition coefficient (Wildman–Crippen LogP) is 3.31. The maximum Gasteiger partial charge on any atom is 0.251 e. The van der Waals surface area contributed by atoms with Crippen LogP contribution in [0.5, 0.6) is 0 Å². The van der Waals surface area contributed by atoms with Crippen LogP contribution in [0.25, 0.3) is 0 Å². The standard InChI is InChI=1S/C18H27NO2/c1-4-14-7-5-6-8-15(14)16(20)19-13-18(21)11-9-17(2,3)10-12-18/h5-8,21H,4,9-13H2,1-3H3,(H,19,20). The van der Waals surface area contributed by atoms with Crippen LogP contribution in [0.2, 0.25) is 0 Å². The van der Waals surface area contributed by atoms with Crippen molar-refractivity contribution in [1.29, 1.82) is 0 Å². The van der Waals surface area contributed by atoms with Crippen molar-refractivity contribution in [2.24, 2.45) is 5.41 Å². The van der Waals surface area contributed by atoms with Gasteiger partial charge >= 0.3 is 0 Å². The largest absolute Gasteiger partial charge is 0.388 e. The molecule has 0 aliphatic heterocycles. The summed E-state index contributed by atoms with van der Waals surface area (Å²) in [5.74, 6) is -0.0780. The average Bonchev–Trinajstić information content (AvgIpc) is 2.48. The molecule has 0 bridgehead atoms. The first kappa shape index (κ1) is 16.0. The Morgan fingerprint density at radius 1 is 1.19 bits per heavy atom. The minimum absolute atomic E-state index is 0.0780. The Morgan fingerprint density at radius 2 is 1.81 bits per heavy atom. The molecule has 0 spiro atoms. The van der Waals surface area contributed by atoms with Crippen LogP contribution in [-0.2, 0) is 6.42 Å². The average molecular weight is 289 g/mol. The van der Waals surface area contributed by atoms with E-state index in [-0.39, 0.29) is 5.91 Å². The molecule has 0 atom stereocenters. The topological polar surface area (TPSA) is 49.3 Å². The van der Waals surface area contributed by atoms with Gasteiger partial charge in [-0.15, -0.1) is 0 Å². The summed E-state index contributed by atoms with van der Waals surface area (Å²) in [6.07, 6.45) is 4.36. The number of amides is 1. The third-order valence-electron chi connectivity index (χ3n) is 4.76. The fourth-order valence-electron chi connectivity index (χ4n) is 2.96. The van der Waals surface area contributed by atoms with Crippen molar-refractivity contribution >= 4 is 5.91 Å². The van der Waals surface area contributed by atoms with Crippen molar-refractivity contribution in [1.82, 2.24) is 5.32 Å². The van der Waals surface area contributed by atoms with Gasteiger partial charge in [0.15, 0.2) is 0 Å². The van der Waals surface area contributed by atoms with Crippen LogP contribution in [-0.4, -0.2) is 23.2 Å². The van der Waals surface area contributed by atoms with Crippen molar-refractivity contribution < 1.29 is 9.90 Å². The molecule has 0 radical (unpaired) electrons. The molecule has 0 heterocycles. The van der Waals surface area contributed by atoms with E-state index in [4.69, 9.17) is 0 Å². The third-order valence-corrected chi connectivity index (χ3v) is 4.76. The maximum atomic E-state index is 12.3. The molecule has 1 aromatic rings. The molecule has 0 unspecified atom stereocenters. The van der Waals surface area contributed by atoms with E-state index in [1.54, 1.807) is 0 Å². The number of carbonyl (C=O) groups excluding carboxylic acids is 1. The summed E-state index contributed by atoms with van der Waals surface area (Å²) in [5, 5.41) is 13.5. The summed E-state index contributed by atoms with van der Waals surface area (Å²) in [6.45, 7) is 6.87. The first-order chi connectivity index (χ1) is 9.85. The zero-order valence-electron chi connectivity index (χ0n) is 13.4. The van der Waals surface area contributed by atoms with Crippen LogP contribution in [0.1, 0.15) is 62.4 Å². The van der Waals surface area contributed by atoms with Crippen LogP contribution < -0.4 is 5.32 Å². The number of rotatable bonds is 4. The van der Waals surface area contributed by atoms with Gasteiger partial charge in [0.1, 0.15) is 0 Å². The zero-order valence-corrected chi connectivity index (χ0v) is 13.4. The van der Waals surface area contributed by atoms with Gasteiger partial charge in [-0.1, -0.05) is 39.0 Å². The zero-order chi connectivity index (χ0) is 15.5. The quantitative estimate of drug-likeness (QED) is 0.893. The summed E-state index contributed by atoms with van der Waals surface area (Å²) >= 11 is 0. The fraction of sp³-hybridized carbons (Fsp3) is 0.611. The molecule has 1 aliphatic carbocycles. The number of benzene rings is 1. The molecule has 2 rings (SSSR count). The van der Waals surface area contributed by atoms with Crippen LogP contribution in [0.3, 0.4) is 0 Å². The predicted molar refractivity (Wildman–Crippen MR) is 85.4 cm³/mol. The van der Waals surface area contributed by atoms with Gasteiger partial charge in [0.05, 0.1) is 5.60 Å². The Balaban J connectivity index is 1.95. The molecule has 1 saturated carbocycles. The number of carbonyl (C=O) groups is 1. The second kappa shape index (κ2) is 6.18. The highest BCUT2D eigenvalue weighted by Gasteiger charge is 2.36. The molecule has 3 nitrogen and oxygen atoms in total. The van der Waals surface area contributed by atoms with E-state index in [0.717, 1.165) is 43.2 Å². The van der Waals surface area contributed by atoms with E-state index in [0.29, 0.717) is 12.0 Å². The molecule has 0 aromatic heterocycles. The molecular formula is C18H27NO2. The van der Waals surface area contributed by atoms with Gasteiger partial charge < -0.3 is 10.4 Å². The van der Waals surface area contributed by atoms with Crippen molar-refractivity contribution in [3.63, 3.8) is 0 Å². The summed E-state index contributed by atoms with van der Waals surface area (Å²) in [6, 6.07) is 7.66. The van der Waals surface area contributed by atoms with Gasteiger partial charge in [0, 0.05) is 12.1 Å². The summed E-state index contributed by atoms with van der Waals surface area (Å²) < 4.78 is 0. The van der Waals surface area contributed by atoms with Gasteiger partial charge in [-0.05, 0) is 49.1 Å². The van der Waals surface area contributed by atoms with Gasteiger partial charge in [0.2, 0.25) is 0 Å². The third kappa shape index (κ3) is 4.07. The minimum atomic E-state index is -0.744. The van der Waals surface area contributed by atoms with E-state index in [1.807, 2.05) is 31.2 Å². The Bertz CT molecular complexity index is 498. The normalized spacial score (nSPS) is 20.0. The fourth-order valence-corrected chi connectivity index (χ4v) is 2.96. The molecule has 3 heteroatoms. The van der Waals surface area contributed by atoms with Crippen molar-refractivity contribution in [2.75, 3.05) is 6.54 Å². The molecule has 1 aromatic carbocycles. The highest BCUT2D eigenvalue weighted by atomic mass is 16.3. The summed E-state index contributed by atoms with van der Waals surface area (Å²) in [5.41, 5.74) is 1.34. The van der Waals surface area contributed by atoms with E-state index in [9.17, 15) is 9.90 Å². The Kier molecular flexibility index (Phi) is 4.72. The van der Waals surface area contributed by atoms with Gasteiger partial charge in [0.25, 0.3) is 5.91 Å². The molecule has 116 valence electrons. The SMILES string of the molecule is CCc1ccccc1C(=O)NCC1(O)CCC(C)(C)CC1. The van der Waals surface area contributed by atoms with Crippen LogP contribution in [0, 0.1) is 5.41 Å². The van der Waals surface area contributed by atoms with Crippen LogP contribution in [0.15, 0.2) is 24.3 Å². The summed E-state index contributed by atoms with van der Waals surface area (Å²) in [7, 11) is 0. The van der Waals surface area contributed by atoms with Crippen molar-refractivity contribution in [3.8, 4) is 0 Å². The Labute approximate surface area is 127 Å². The first-order valence-electron chi connectivity index (χ1n) is 7.94. The number of aryl methyl sites for hydroxylation is 1. The molecule has 1 fully saturated rings. The molecule has 1 aliphatic rings. The number of hydrogen-bond donors (Lipinski definition) is 2. The lowest BCUT2D eigenvalue weighted by molar-refractivity contribution is -0.0233. The molecule has 0 saturated heterocycles. The lowest BCUT2D eigenvalue weighted by Gasteiger charge is -2.40. The van der Waals surface area contributed by atoms with Gasteiger partial charge in [-0.25, -0.2) is 0 Å². The van der Waals surface area contributed by atoms with Crippen LogP contribution >= 0.6 is 0 Å². The molecule has 2 N–H and O–H groups in total. The molecule has 21 heavy (non-hydrogen) atoms. The van der Waals surface area contributed by atoms with Crippen LogP contribution in [0.4, 0.5) is 0 Å². The Morgan fingerprint density at radius 3 is 2.43 bits per heavy atom. The van der Waals surface area contributed by atoms with Crippen molar-refractivity contribution in [3.05, 3.63) is 35.4 Å². The second-order valence-corrected chi connectivity index (χ2v) is 7.08. The monoisotopic (exact) mass is 289 g/mol. The smallest absolute Gasteiger partial charge is 0.251 e. The van der Waals surface area contributed by atoms with Crippen molar-refractivity contribution in [2.45, 2.75) is 58.5 Å². The minimum Gasteiger partial charge on any atom is -0.388 e. The van der Waals surface area contributed by atoms with Gasteiger partial charge in [-0.3, -0.25) is 4.79 Å². The van der Waals surface area contributed by atoms with E-state index >= 15 is 0 Å². The lowest BCUT2D eigenvalue weighted by atomic mass is 9.71. The second-order valence-electron chi connectivity index (χ2n) is 7.08. The summed E-state index contributed by atoms with van der Waals surface area (Å²) in [4.78, 5) is 12.3. The molecular weight excluding hydrogens is 262 g/mol. The van der Waals surface area contributed by atoms with E-state index in [2.05, 4.69) is 19.2 Å². The highest BCUT2D eigenvalue weighted by molar-refractivity contribution is 5.95. The lowest BCUT2D eigenvalue weighted by Crippen LogP contribution is -2.46. The number of hydrogen-bond acceptors (Lipinski definition) is 2. The van der Waals surface area contributed by atoms with E-state index in [1.165, 1.54) is 0 Å². The van der Waals surface area contributed by atoms with E-state index < -0.39 is 5.60 Å².